The second-order valence-corrected chi connectivity index (χ2v) is 5.43. The Hall–Kier alpha value is -1.55. The van der Waals surface area contributed by atoms with Gasteiger partial charge in [0.2, 0.25) is 0 Å². The van der Waals surface area contributed by atoms with E-state index in [0.29, 0.717) is 0 Å². The van der Waals surface area contributed by atoms with Gasteiger partial charge < -0.3 is 4.74 Å². The summed E-state index contributed by atoms with van der Waals surface area (Å²) < 4.78 is 5.54. The van der Waals surface area contributed by atoms with Gasteiger partial charge in [0.15, 0.2) is 0 Å². The molecule has 0 bridgehead atoms. The summed E-state index contributed by atoms with van der Waals surface area (Å²) in [6.45, 7) is 2.77. The predicted molar refractivity (Wildman–Crippen MR) is 81.0 cm³/mol. The summed E-state index contributed by atoms with van der Waals surface area (Å²) in [5, 5.41) is 0.757. The van der Waals surface area contributed by atoms with E-state index in [-0.39, 0.29) is 6.04 Å². The Bertz CT molecular complexity index is 642. The Morgan fingerprint density at radius 1 is 1.30 bits per heavy atom. The summed E-state index contributed by atoms with van der Waals surface area (Å²) in [6.07, 6.45) is 0.953. The molecule has 1 aliphatic rings. The van der Waals surface area contributed by atoms with Crippen molar-refractivity contribution in [2.24, 2.45) is 5.84 Å². The molecule has 4 heteroatoms. The van der Waals surface area contributed by atoms with Crippen LogP contribution in [0.25, 0.3) is 0 Å². The maximum Gasteiger partial charge on any atom is 0.122 e. The summed E-state index contributed by atoms with van der Waals surface area (Å²) in [6, 6.07) is 12.1. The van der Waals surface area contributed by atoms with Crippen molar-refractivity contribution < 1.29 is 4.74 Å². The number of fused-ring (bicyclic) bond motifs is 1. The van der Waals surface area contributed by atoms with E-state index in [1.807, 2.05) is 25.1 Å². The molecule has 0 saturated heterocycles. The number of nitrogens with one attached hydrogen (secondary N) is 1. The molecular weight excluding hydrogens is 272 g/mol. The highest BCUT2D eigenvalue weighted by Crippen LogP contribution is 2.32. The average Bonchev–Trinajstić information content (AvgIpc) is 2.92. The lowest BCUT2D eigenvalue weighted by Gasteiger charge is -2.20. The number of hydrogen-bond donors (Lipinski definition) is 2. The molecule has 0 aromatic heterocycles. The quantitative estimate of drug-likeness (QED) is 0.674. The number of rotatable bonds is 3. The van der Waals surface area contributed by atoms with Crippen molar-refractivity contribution in [1.82, 2.24) is 5.43 Å². The zero-order valence-electron chi connectivity index (χ0n) is 11.3. The van der Waals surface area contributed by atoms with E-state index < -0.39 is 0 Å². The molecule has 0 radical (unpaired) electrons. The fourth-order valence-corrected chi connectivity index (χ4v) is 2.87. The van der Waals surface area contributed by atoms with Crippen molar-refractivity contribution in [1.29, 1.82) is 0 Å². The third-order valence-electron chi connectivity index (χ3n) is 3.83. The third kappa shape index (κ3) is 2.29. The topological polar surface area (TPSA) is 47.3 Å². The minimum Gasteiger partial charge on any atom is -0.493 e. The second kappa shape index (κ2) is 5.44. The van der Waals surface area contributed by atoms with Gasteiger partial charge in [-0.2, -0.15) is 0 Å². The number of halogens is 1. The van der Waals surface area contributed by atoms with Crippen LogP contribution in [0.15, 0.2) is 36.4 Å². The zero-order valence-corrected chi connectivity index (χ0v) is 12.1. The highest BCUT2D eigenvalue weighted by molar-refractivity contribution is 6.31. The van der Waals surface area contributed by atoms with Gasteiger partial charge in [-0.05, 0) is 41.3 Å². The van der Waals surface area contributed by atoms with Gasteiger partial charge in [-0.25, -0.2) is 5.43 Å². The molecule has 2 aromatic carbocycles. The Labute approximate surface area is 123 Å². The number of hydrogen-bond acceptors (Lipinski definition) is 3. The first-order valence-corrected chi connectivity index (χ1v) is 7.05. The first-order chi connectivity index (χ1) is 9.70. The van der Waals surface area contributed by atoms with E-state index in [9.17, 15) is 0 Å². The van der Waals surface area contributed by atoms with Gasteiger partial charge in [0, 0.05) is 11.4 Å². The first kappa shape index (κ1) is 13.4. The zero-order chi connectivity index (χ0) is 14.1. The van der Waals surface area contributed by atoms with Crippen LogP contribution < -0.4 is 16.0 Å². The molecule has 20 heavy (non-hydrogen) atoms. The molecule has 1 aliphatic heterocycles. The van der Waals surface area contributed by atoms with E-state index in [4.69, 9.17) is 22.2 Å². The van der Waals surface area contributed by atoms with Gasteiger partial charge in [0.25, 0.3) is 0 Å². The molecule has 0 aliphatic carbocycles. The number of nitrogens with two attached hydrogens (primary N) is 1. The smallest absolute Gasteiger partial charge is 0.122 e. The largest absolute Gasteiger partial charge is 0.493 e. The molecule has 0 amide bonds. The first-order valence-electron chi connectivity index (χ1n) is 6.67. The van der Waals surface area contributed by atoms with Crippen LogP contribution in [-0.2, 0) is 6.42 Å². The van der Waals surface area contributed by atoms with Crippen LogP contribution in [-0.4, -0.2) is 6.61 Å². The minimum absolute atomic E-state index is 0.0698. The number of benzene rings is 2. The van der Waals surface area contributed by atoms with E-state index in [1.54, 1.807) is 0 Å². The van der Waals surface area contributed by atoms with Crippen LogP contribution in [0, 0.1) is 6.92 Å². The molecule has 104 valence electrons. The van der Waals surface area contributed by atoms with Crippen LogP contribution in [0.2, 0.25) is 5.02 Å². The van der Waals surface area contributed by atoms with Crippen molar-refractivity contribution in [2.45, 2.75) is 19.4 Å². The van der Waals surface area contributed by atoms with Crippen LogP contribution in [0.5, 0.6) is 5.75 Å². The van der Waals surface area contributed by atoms with Crippen molar-refractivity contribution >= 4 is 11.6 Å². The maximum atomic E-state index is 6.21. The van der Waals surface area contributed by atoms with Gasteiger partial charge in [-0.3, -0.25) is 5.84 Å². The monoisotopic (exact) mass is 288 g/mol. The molecule has 3 nitrogen and oxygen atoms in total. The Balaban J connectivity index is 2.03. The molecule has 3 N–H and O–H groups in total. The molecule has 3 rings (SSSR count). The molecule has 0 spiro atoms. The second-order valence-electron chi connectivity index (χ2n) is 5.02. The summed E-state index contributed by atoms with van der Waals surface area (Å²) in [5.74, 6) is 6.76. The molecular formula is C16H17ClN2O. The highest BCUT2D eigenvalue weighted by Gasteiger charge is 2.19. The molecule has 2 aromatic rings. The lowest BCUT2D eigenvalue weighted by Crippen LogP contribution is -2.29. The van der Waals surface area contributed by atoms with Crippen LogP contribution in [0.1, 0.15) is 28.3 Å². The van der Waals surface area contributed by atoms with E-state index in [1.165, 1.54) is 5.56 Å². The van der Waals surface area contributed by atoms with Crippen molar-refractivity contribution in [3.63, 3.8) is 0 Å². The van der Waals surface area contributed by atoms with Crippen LogP contribution >= 0.6 is 11.6 Å². The van der Waals surface area contributed by atoms with Crippen LogP contribution in [0.4, 0.5) is 0 Å². The van der Waals surface area contributed by atoms with Gasteiger partial charge in [0.05, 0.1) is 12.6 Å². The van der Waals surface area contributed by atoms with Gasteiger partial charge in [-0.15, -0.1) is 0 Å². The molecule has 0 saturated carbocycles. The Kier molecular flexibility index (Phi) is 3.66. The third-order valence-corrected chi connectivity index (χ3v) is 4.24. The summed E-state index contributed by atoms with van der Waals surface area (Å²) in [5.41, 5.74) is 7.41. The average molecular weight is 289 g/mol. The van der Waals surface area contributed by atoms with E-state index in [0.717, 1.165) is 40.5 Å². The lowest BCUT2D eigenvalue weighted by molar-refractivity contribution is 0.357. The Morgan fingerprint density at radius 3 is 2.95 bits per heavy atom. The fraction of sp³-hybridized carbons (Fsp3) is 0.250. The van der Waals surface area contributed by atoms with Gasteiger partial charge in [0.1, 0.15) is 5.75 Å². The van der Waals surface area contributed by atoms with Crippen molar-refractivity contribution in [2.75, 3.05) is 6.61 Å². The molecule has 1 unspecified atom stereocenters. The Morgan fingerprint density at radius 2 is 2.15 bits per heavy atom. The highest BCUT2D eigenvalue weighted by atomic mass is 35.5. The molecule has 1 heterocycles. The van der Waals surface area contributed by atoms with Gasteiger partial charge in [-0.1, -0.05) is 35.9 Å². The number of ether oxygens (including phenoxy) is 1. The lowest BCUT2D eigenvalue weighted by atomic mass is 9.94. The molecule has 0 fully saturated rings. The SMILES string of the molecule is Cc1c(Cl)cccc1C(NN)c1ccc2c(c1)CCO2. The normalized spacial score (nSPS) is 14.8. The van der Waals surface area contributed by atoms with Gasteiger partial charge >= 0.3 is 0 Å². The summed E-state index contributed by atoms with van der Waals surface area (Å²) >= 11 is 6.21. The standard InChI is InChI=1S/C16H17ClN2O/c1-10-13(3-2-4-14(10)17)16(19-18)12-5-6-15-11(9-12)7-8-20-15/h2-6,9,16,19H,7-8,18H2,1H3. The van der Waals surface area contributed by atoms with Crippen molar-refractivity contribution in [3.05, 3.63) is 63.7 Å². The van der Waals surface area contributed by atoms with E-state index >= 15 is 0 Å². The maximum absolute atomic E-state index is 6.21. The minimum atomic E-state index is -0.0698. The summed E-state index contributed by atoms with van der Waals surface area (Å²) in [7, 11) is 0. The number of hydrazine groups is 1. The fourth-order valence-electron chi connectivity index (χ4n) is 2.69. The predicted octanol–water partition coefficient (Wildman–Crippen LogP) is 3.14. The van der Waals surface area contributed by atoms with Crippen molar-refractivity contribution in [3.8, 4) is 5.75 Å². The summed E-state index contributed by atoms with van der Waals surface area (Å²) in [4.78, 5) is 0. The molecule has 1 atom stereocenters. The van der Waals surface area contributed by atoms with Crippen LogP contribution in [0.3, 0.4) is 0 Å². The van der Waals surface area contributed by atoms with E-state index in [2.05, 4.69) is 23.6 Å².